The van der Waals surface area contributed by atoms with E-state index in [4.69, 9.17) is 0 Å². The number of aliphatic imine (C=N–C) groups is 1. The Hall–Kier alpha value is -0.180. The van der Waals surface area contributed by atoms with Gasteiger partial charge in [-0.1, -0.05) is 0 Å². The molecule has 0 radical (unpaired) electrons. The van der Waals surface area contributed by atoms with E-state index in [1.165, 1.54) is 0 Å². The van der Waals surface area contributed by atoms with Crippen molar-refractivity contribution >= 4 is 47.6 Å². The summed E-state index contributed by atoms with van der Waals surface area (Å²) in [4.78, 5) is 18.1. The molecular weight excluding hydrogens is 411 g/mol. The van der Waals surface area contributed by atoms with Gasteiger partial charge in [-0.05, 0) is 39.9 Å². The first-order valence-electron chi connectivity index (χ1n) is 7.83. The summed E-state index contributed by atoms with van der Waals surface area (Å²) in [5, 5.41) is 6.61. The van der Waals surface area contributed by atoms with Gasteiger partial charge in [0.05, 0.1) is 6.54 Å². The van der Waals surface area contributed by atoms with Crippen LogP contribution < -0.4 is 10.6 Å². The summed E-state index contributed by atoms with van der Waals surface area (Å²) < 4.78 is 0.157. The summed E-state index contributed by atoms with van der Waals surface area (Å²) in [5.74, 6) is 1.17. The maximum absolute atomic E-state index is 11.5. The van der Waals surface area contributed by atoms with Gasteiger partial charge in [-0.15, -0.1) is 24.0 Å². The maximum Gasteiger partial charge on any atom is 0.222 e. The Bertz CT molecular complexity index is 363. The minimum Gasteiger partial charge on any atom is -0.357 e. The first kappa shape index (κ1) is 21.8. The third-order valence-corrected chi connectivity index (χ3v) is 4.82. The Morgan fingerprint density at radius 3 is 2.68 bits per heavy atom. The van der Waals surface area contributed by atoms with Gasteiger partial charge in [-0.2, -0.15) is 11.8 Å². The van der Waals surface area contributed by atoms with Crippen LogP contribution in [-0.2, 0) is 4.79 Å². The molecule has 0 aromatic rings. The van der Waals surface area contributed by atoms with E-state index in [0.717, 1.165) is 57.9 Å². The summed E-state index contributed by atoms with van der Waals surface area (Å²) >= 11 is 1.83. The molecule has 1 heterocycles. The molecule has 2 N–H and O–H groups in total. The van der Waals surface area contributed by atoms with Crippen LogP contribution in [0, 0.1) is 0 Å². The SMILES string of the molecule is CCNC(=NCC(C)(C)SC)NCCCN1CCCC1=O.I. The van der Waals surface area contributed by atoms with Crippen LogP contribution >= 0.6 is 35.7 Å². The van der Waals surface area contributed by atoms with Crippen molar-refractivity contribution in [3.8, 4) is 0 Å². The average molecular weight is 442 g/mol. The standard InChI is InChI=1S/C15H30N4OS.HI/c1-5-16-14(18-12-15(2,3)21-4)17-9-7-11-19-10-6-8-13(19)20;/h5-12H2,1-4H3,(H2,16,17,18);1H. The molecule has 0 aromatic heterocycles. The highest BCUT2D eigenvalue weighted by Crippen LogP contribution is 2.20. The molecule has 0 bridgehead atoms. The van der Waals surface area contributed by atoms with Crippen molar-refractivity contribution in [3.05, 3.63) is 0 Å². The predicted octanol–water partition coefficient (Wildman–Crippen LogP) is 2.31. The Morgan fingerprint density at radius 2 is 2.14 bits per heavy atom. The summed E-state index contributed by atoms with van der Waals surface area (Å²) in [6.45, 7) is 10.7. The highest BCUT2D eigenvalue weighted by Gasteiger charge is 2.19. The number of guanidine groups is 1. The summed E-state index contributed by atoms with van der Waals surface area (Å²) in [6.07, 6.45) is 4.81. The number of halogens is 1. The molecule has 0 atom stereocenters. The van der Waals surface area contributed by atoms with E-state index in [2.05, 4.69) is 42.7 Å². The number of hydrogen-bond acceptors (Lipinski definition) is 3. The van der Waals surface area contributed by atoms with Crippen LogP contribution in [0.1, 0.15) is 40.0 Å². The second kappa shape index (κ2) is 11.4. The minimum atomic E-state index is 0. The van der Waals surface area contributed by atoms with Crippen LogP contribution in [0.5, 0.6) is 0 Å². The van der Waals surface area contributed by atoms with Crippen LogP contribution in [0.15, 0.2) is 4.99 Å². The lowest BCUT2D eigenvalue weighted by Gasteiger charge is -2.20. The van der Waals surface area contributed by atoms with Crippen molar-refractivity contribution in [2.75, 3.05) is 39.0 Å². The molecule has 1 aliphatic rings. The normalized spacial score (nSPS) is 15.7. The zero-order chi connectivity index (χ0) is 15.7. The van der Waals surface area contributed by atoms with Gasteiger partial charge in [0.1, 0.15) is 0 Å². The molecule has 1 amide bonds. The van der Waals surface area contributed by atoms with E-state index in [1.807, 2.05) is 16.7 Å². The number of nitrogens with one attached hydrogen (secondary N) is 2. The molecule has 0 aliphatic carbocycles. The molecule has 5 nitrogen and oxygen atoms in total. The quantitative estimate of drug-likeness (QED) is 0.262. The number of carbonyl (C=O) groups is 1. The molecular formula is C15H31IN4OS. The molecule has 1 fully saturated rings. The third kappa shape index (κ3) is 8.45. The van der Waals surface area contributed by atoms with Crippen molar-refractivity contribution < 1.29 is 4.79 Å². The largest absolute Gasteiger partial charge is 0.357 e. The smallest absolute Gasteiger partial charge is 0.222 e. The zero-order valence-electron chi connectivity index (χ0n) is 14.3. The van der Waals surface area contributed by atoms with E-state index >= 15 is 0 Å². The fraction of sp³-hybridized carbons (Fsp3) is 0.867. The monoisotopic (exact) mass is 442 g/mol. The Labute approximate surface area is 156 Å². The number of hydrogen-bond donors (Lipinski definition) is 2. The first-order chi connectivity index (χ1) is 9.98. The second-order valence-corrected chi connectivity index (χ2v) is 7.44. The Balaban J connectivity index is 0.00000441. The van der Waals surface area contributed by atoms with Gasteiger partial charge in [0.15, 0.2) is 5.96 Å². The molecule has 1 saturated heterocycles. The summed E-state index contributed by atoms with van der Waals surface area (Å²) in [6, 6.07) is 0. The van der Waals surface area contributed by atoms with Crippen molar-refractivity contribution in [1.29, 1.82) is 0 Å². The fourth-order valence-corrected chi connectivity index (χ4v) is 2.29. The predicted molar refractivity (Wildman–Crippen MR) is 107 cm³/mol. The number of rotatable bonds is 8. The van der Waals surface area contributed by atoms with Crippen molar-refractivity contribution in [2.45, 2.75) is 44.8 Å². The van der Waals surface area contributed by atoms with Crippen LogP contribution in [0.3, 0.4) is 0 Å². The van der Waals surface area contributed by atoms with Crippen LogP contribution in [0.4, 0.5) is 0 Å². The van der Waals surface area contributed by atoms with Crippen molar-refractivity contribution in [1.82, 2.24) is 15.5 Å². The molecule has 130 valence electrons. The van der Waals surface area contributed by atoms with Gasteiger partial charge < -0.3 is 15.5 Å². The molecule has 1 aliphatic heterocycles. The third-order valence-electron chi connectivity index (χ3n) is 3.58. The minimum absolute atomic E-state index is 0. The molecule has 1 rings (SSSR count). The first-order valence-corrected chi connectivity index (χ1v) is 9.06. The van der Waals surface area contributed by atoms with E-state index < -0.39 is 0 Å². The van der Waals surface area contributed by atoms with Gasteiger partial charge in [-0.25, -0.2) is 0 Å². The molecule has 0 aromatic carbocycles. The fourth-order valence-electron chi connectivity index (χ4n) is 2.09. The Morgan fingerprint density at radius 1 is 1.41 bits per heavy atom. The summed E-state index contributed by atoms with van der Waals surface area (Å²) in [7, 11) is 0. The number of nitrogens with zero attached hydrogens (tertiary/aromatic N) is 2. The highest BCUT2D eigenvalue weighted by molar-refractivity contribution is 14.0. The van der Waals surface area contributed by atoms with E-state index in [-0.39, 0.29) is 28.7 Å². The number of amides is 1. The van der Waals surface area contributed by atoms with E-state index in [1.54, 1.807) is 0 Å². The summed E-state index contributed by atoms with van der Waals surface area (Å²) in [5.41, 5.74) is 0. The van der Waals surface area contributed by atoms with E-state index in [0.29, 0.717) is 5.91 Å². The van der Waals surface area contributed by atoms with Crippen LogP contribution in [0.25, 0.3) is 0 Å². The molecule has 0 saturated carbocycles. The number of thioether (sulfide) groups is 1. The second-order valence-electron chi connectivity index (χ2n) is 5.92. The number of likely N-dealkylation sites (tertiary alicyclic amines) is 1. The van der Waals surface area contributed by atoms with Gasteiger partial charge in [0, 0.05) is 37.3 Å². The van der Waals surface area contributed by atoms with Crippen molar-refractivity contribution in [2.24, 2.45) is 4.99 Å². The topological polar surface area (TPSA) is 56.7 Å². The van der Waals surface area contributed by atoms with Crippen LogP contribution in [0.2, 0.25) is 0 Å². The molecule has 0 unspecified atom stereocenters. The lowest BCUT2D eigenvalue weighted by molar-refractivity contribution is -0.127. The Kier molecular flexibility index (Phi) is 11.3. The maximum atomic E-state index is 11.5. The van der Waals surface area contributed by atoms with Crippen LogP contribution in [-0.4, -0.2) is 60.5 Å². The van der Waals surface area contributed by atoms with Gasteiger partial charge >= 0.3 is 0 Å². The lowest BCUT2D eigenvalue weighted by atomic mass is 10.2. The van der Waals surface area contributed by atoms with E-state index in [9.17, 15) is 4.79 Å². The van der Waals surface area contributed by atoms with Gasteiger partial charge in [0.25, 0.3) is 0 Å². The lowest BCUT2D eigenvalue weighted by Crippen LogP contribution is -2.39. The molecule has 0 spiro atoms. The van der Waals surface area contributed by atoms with Crippen molar-refractivity contribution in [3.63, 3.8) is 0 Å². The molecule has 22 heavy (non-hydrogen) atoms. The number of carbonyl (C=O) groups excluding carboxylic acids is 1. The highest BCUT2D eigenvalue weighted by atomic mass is 127. The van der Waals surface area contributed by atoms with Gasteiger partial charge in [-0.3, -0.25) is 9.79 Å². The van der Waals surface area contributed by atoms with Gasteiger partial charge in [0.2, 0.25) is 5.91 Å². The average Bonchev–Trinajstić information content (AvgIpc) is 2.86. The molecule has 7 heteroatoms. The zero-order valence-corrected chi connectivity index (χ0v) is 17.4.